The van der Waals surface area contributed by atoms with Gasteiger partial charge in [-0.25, -0.2) is 0 Å². The molecule has 1 aliphatic heterocycles. The number of piperazine rings is 1. The van der Waals surface area contributed by atoms with Crippen LogP contribution in [0.1, 0.15) is 11.1 Å². The molecule has 0 spiro atoms. The highest BCUT2D eigenvalue weighted by molar-refractivity contribution is 5.83. The highest BCUT2D eigenvalue weighted by Crippen LogP contribution is 2.29. The van der Waals surface area contributed by atoms with E-state index >= 15 is 0 Å². The fourth-order valence-electron chi connectivity index (χ4n) is 2.96. The molecule has 2 aromatic rings. The molecule has 7 nitrogen and oxygen atoms in total. The molecule has 1 fully saturated rings. The quantitative estimate of drug-likeness (QED) is 0.508. The lowest BCUT2D eigenvalue weighted by atomic mass is 10.1. The third-order valence-corrected chi connectivity index (χ3v) is 4.58. The number of aryl methyl sites for hydroxylation is 1. The Morgan fingerprint density at radius 1 is 1.15 bits per heavy atom. The number of hydrogen-bond donors (Lipinski definition) is 1. The van der Waals surface area contributed by atoms with Gasteiger partial charge >= 0.3 is 0 Å². The number of nitrogens with one attached hydrogen (secondary N) is 1. The van der Waals surface area contributed by atoms with Crippen molar-refractivity contribution in [2.75, 3.05) is 43.6 Å². The van der Waals surface area contributed by atoms with Gasteiger partial charge in [-0.05, 0) is 31.7 Å². The van der Waals surface area contributed by atoms with Gasteiger partial charge in [0.2, 0.25) is 0 Å². The lowest BCUT2D eigenvalue weighted by molar-refractivity contribution is -0.384. The van der Waals surface area contributed by atoms with E-state index < -0.39 is 0 Å². The van der Waals surface area contributed by atoms with E-state index in [0.717, 1.165) is 37.4 Å². The van der Waals surface area contributed by atoms with Crippen LogP contribution in [0, 0.1) is 17.0 Å². The van der Waals surface area contributed by atoms with Gasteiger partial charge in [-0.2, -0.15) is 5.10 Å². The second kappa shape index (κ2) is 7.97. The zero-order valence-corrected chi connectivity index (χ0v) is 15.1. The summed E-state index contributed by atoms with van der Waals surface area (Å²) in [5.41, 5.74) is 6.45. The maximum Gasteiger partial charge on any atom is 0.293 e. The van der Waals surface area contributed by atoms with Crippen molar-refractivity contribution >= 4 is 23.3 Å². The second-order valence-corrected chi connectivity index (χ2v) is 6.48. The number of likely N-dealkylation sites (N-methyl/N-ethyl adjacent to an activating group) is 1. The van der Waals surface area contributed by atoms with E-state index in [9.17, 15) is 10.1 Å². The molecule has 0 atom stereocenters. The van der Waals surface area contributed by atoms with Crippen LogP contribution in [0.15, 0.2) is 47.6 Å². The molecular weight excluding hydrogens is 330 g/mol. The lowest BCUT2D eigenvalue weighted by Crippen LogP contribution is -2.44. The van der Waals surface area contributed by atoms with Crippen molar-refractivity contribution in [1.82, 2.24) is 4.90 Å². The summed E-state index contributed by atoms with van der Waals surface area (Å²) in [5.74, 6) is 0. The van der Waals surface area contributed by atoms with Crippen LogP contribution in [0.3, 0.4) is 0 Å². The minimum Gasteiger partial charge on any atom is -0.363 e. The molecular formula is C19H23N5O2. The molecule has 136 valence electrons. The van der Waals surface area contributed by atoms with Gasteiger partial charge in [-0.3, -0.25) is 15.5 Å². The largest absolute Gasteiger partial charge is 0.363 e. The van der Waals surface area contributed by atoms with E-state index in [0.29, 0.717) is 11.3 Å². The van der Waals surface area contributed by atoms with Crippen LogP contribution in [0.25, 0.3) is 0 Å². The molecule has 0 saturated carbocycles. The number of hydrazone groups is 1. The molecule has 0 radical (unpaired) electrons. The van der Waals surface area contributed by atoms with Gasteiger partial charge in [0.25, 0.3) is 5.69 Å². The highest BCUT2D eigenvalue weighted by atomic mass is 16.6. The third-order valence-electron chi connectivity index (χ3n) is 4.58. The number of hydrogen-bond acceptors (Lipinski definition) is 6. The lowest BCUT2D eigenvalue weighted by Gasteiger charge is -2.33. The number of nitro groups is 1. The van der Waals surface area contributed by atoms with Crippen molar-refractivity contribution in [1.29, 1.82) is 0 Å². The summed E-state index contributed by atoms with van der Waals surface area (Å²) in [7, 11) is 2.06. The minimum absolute atomic E-state index is 0.120. The topological polar surface area (TPSA) is 74.0 Å². The third kappa shape index (κ3) is 4.18. The average Bonchev–Trinajstić information content (AvgIpc) is 2.64. The first-order valence-electron chi connectivity index (χ1n) is 8.61. The van der Waals surface area contributed by atoms with E-state index in [4.69, 9.17) is 0 Å². The number of nitro benzene ring substituents is 1. The summed E-state index contributed by atoms with van der Waals surface area (Å²) in [6.45, 7) is 5.38. The molecule has 1 heterocycles. The Morgan fingerprint density at radius 3 is 2.58 bits per heavy atom. The maximum absolute atomic E-state index is 11.5. The van der Waals surface area contributed by atoms with Gasteiger partial charge in [0.15, 0.2) is 0 Å². The standard InChI is InChI=1S/C19H23N5O2/c1-15-5-3-4-6-17(15)21-20-14-16-7-8-18(19(13-16)24(25)26)23-11-9-22(2)10-12-23/h3-8,13-14,21H,9-12H2,1-2H3. The van der Waals surface area contributed by atoms with E-state index in [1.807, 2.05) is 43.3 Å². The van der Waals surface area contributed by atoms with E-state index in [2.05, 4.69) is 27.4 Å². The fraction of sp³-hybridized carbons (Fsp3) is 0.316. The van der Waals surface area contributed by atoms with Crippen LogP contribution in [0.4, 0.5) is 17.1 Å². The zero-order chi connectivity index (χ0) is 18.5. The van der Waals surface area contributed by atoms with Gasteiger partial charge in [0.05, 0.1) is 16.8 Å². The summed E-state index contributed by atoms with van der Waals surface area (Å²) >= 11 is 0. The van der Waals surface area contributed by atoms with Crippen LogP contribution < -0.4 is 10.3 Å². The first-order valence-corrected chi connectivity index (χ1v) is 8.61. The Hall–Kier alpha value is -2.93. The number of para-hydroxylation sites is 1. The predicted octanol–water partition coefficient (Wildman–Crippen LogP) is 3.10. The van der Waals surface area contributed by atoms with Crippen LogP contribution >= 0.6 is 0 Å². The smallest absolute Gasteiger partial charge is 0.293 e. The molecule has 3 rings (SSSR count). The molecule has 0 amide bonds. The van der Waals surface area contributed by atoms with Crippen molar-refractivity contribution in [2.24, 2.45) is 5.10 Å². The van der Waals surface area contributed by atoms with Gasteiger partial charge in [0, 0.05) is 37.8 Å². The van der Waals surface area contributed by atoms with Gasteiger partial charge < -0.3 is 9.80 Å². The first-order chi connectivity index (χ1) is 12.5. The molecule has 1 aliphatic rings. The molecule has 0 unspecified atom stereocenters. The molecule has 1 N–H and O–H groups in total. The maximum atomic E-state index is 11.5. The van der Waals surface area contributed by atoms with E-state index in [-0.39, 0.29) is 10.6 Å². The van der Waals surface area contributed by atoms with E-state index in [1.54, 1.807) is 12.3 Å². The van der Waals surface area contributed by atoms with Crippen molar-refractivity contribution in [3.8, 4) is 0 Å². The Kier molecular flexibility index (Phi) is 5.48. The number of rotatable bonds is 5. The fourth-order valence-corrected chi connectivity index (χ4v) is 2.96. The molecule has 26 heavy (non-hydrogen) atoms. The first kappa shape index (κ1) is 17.9. The SMILES string of the molecule is Cc1ccccc1NN=Cc1ccc(N2CCN(C)CC2)c([N+](=O)[O-])c1. The normalized spacial score (nSPS) is 15.4. The number of benzene rings is 2. The molecule has 0 aromatic heterocycles. The highest BCUT2D eigenvalue weighted by Gasteiger charge is 2.22. The summed E-state index contributed by atoms with van der Waals surface area (Å²) in [6.07, 6.45) is 1.60. The molecule has 7 heteroatoms. The molecule has 0 bridgehead atoms. The Morgan fingerprint density at radius 2 is 1.88 bits per heavy atom. The van der Waals surface area contributed by atoms with Crippen LogP contribution in [0.5, 0.6) is 0 Å². The average molecular weight is 353 g/mol. The second-order valence-electron chi connectivity index (χ2n) is 6.48. The number of nitrogens with zero attached hydrogens (tertiary/aromatic N) is 4. The number of anilines is 2. The van der Waals surface area contributed by atoms with Crippen molar-refractivity contribution in [2.45, 2.75) is 6.92 Å². The molecule has 2 aromatic carbocycles. The molecule has 0 aliphatic carbocycles. The monoisotopic (exact) mass is 353 g/mol. The molecule has 1 saturated heterocycles. The summed E-state index contributed by atoms with van der Waals surface area (Å²) in [6, 6.07) is 13.1. The Balaban J connectivity index is 1.77. The van der Waals surface area contributed by atoms with Crippen LogP contribution in [0.2, 0.25) is 0 Å². The Bertz CT molecular complexity index is 813. The summed E-state index contributed by atoms with van der Waals surface area (Å²) < 4.78 is 0. The van der Waals surface area contributed by atoms with Crippen LogP contribution in [-0.4, -0.2) is 49.3 Å². The van der Waals surface area contributed by atoms with Crippen molar-refractivity contribution < 1.29 is 4.92 Å². The van der Waals surface area contributed by atoms with Gasteiger partial charge in [-0.1, -0.05) is 24.3 Å². The zero-order valence-electron chi connectivity index (χ0n) is 15.1. The van der Waals surface area contributed by atoms with Crippen molar-refractivity contribution in [3.05, 3.63) is 63.7 Å². The van der Waals surface area contributed by atoms with Crippen molar-refractivity contribution in [3.63, 3.8) is 0 Å². The van der Waals surface area contributed by atoms with E-state index in [1.165, 1.54) is 0 Å². The predicted molar refractivity (Wildman–Crippen MR) is 105 cm³/mol. The summed E-state index contributed by atoms with van der Waals surface area (Å²) in [4.78, 5) is 15.5. The Labute approximate surface area is 153 Å². The van der Waals surface area contributed by atoms with Crippen LogP contribution in [-0.2, 0) is 0 Å². The minimum atomic E-state index is -0.320. The summed E-state index contributed by atoms with van der Waals surface area (Å²) in [5, 5.41) is 15.7. The van der Waals surface area contributed by atoms with Gasteiger partial charge in [-0.15, -0.1) is 0 Å². The van der Waals surface area contributed by atoms with Gasteiger partial charge in [0.1, 0.15) is 5.69 Å².